The molecule has 24 heavy (non-hydrogen) atoms. The molecule has 0 radical (unpaired) electrons. The highest BCUT2D eigenvalue weighted by Crippen LogP contribution is 2.32. The summed E-state index contributed by atoms with van der Waals surface area (Å²) in [7, 11) is 0. The molecule has 0 aliphatic heterocycles. The number of nitrogens with one attached hydrogen (secondary N) is 1. The molecule has 2 aromatic carbocycles. The number of nitrogens with zero attached hydrogens (tertiary/aromatic N) is 1. The molecule has 0 bridgehead atoms. The molecule has 0 saturated heterocycles. The number of hydrogen-bond acceptors (Lipinski definition) is 4. The van der Waals surface area contributed by atoms with Crippen molar-refractivity contribution in [1.82, 2.24) is 5.43 Å². The zero-order valence-electron chi connectivity index (χ0n) is 12.3. The van der Waals surface area contributed by atoms with Crippen LogP contribution in [-0.2, 0) is 4.79 Å². The first-order valence-corrected chi connectivity index (χ1v) is 9.22. The molecule has 0 unspecified atom stereocenters. The van der Waals surface area contributed by atoms with Crippen LogP contribution in [0.2, 0.25) is 0 Å². The van der Waals surface area contributed by atoms with Crippen LogP contribution in [0.4, 0.5) is 0 Å². The summed E-state index contributed by atoms with van der Waals surface area (Å²) in [4.78, 5) is 11.7. The molecule has 0 aliphatic carbocycles. The van der Waals surface area contributed by atoms with Gasteiger partial charge in [-0.15, -0.1) is 0 Å². The van der Waals surface area contributed by atoms with E-state index in [1.54, 1.807) is 12.1 Å². The molecule has 2 rings (SSSR count). The fraction of sp³-hybridized carbons (Fsp3) is 0.125. The van der Waals surface area contributed by atoms with E-state index in [9.17, 15) is 9.90 Å². The molecular formula is C16H13Br3N2O3. The highest BCUT2D eigenvalue weighted by molar-refractivity contribution is 9.11. The zero-order chi connectivity index (χ0) is 17.5. The monoisotopic (exact) mass is 518 g/mol. The van der Waals surface area contributed by atoms with Gasteiger partial charge in [0.1, 0.15) is 11.5 Å². The molecule has 126 valence electrons. The lowest BCUT2D eigenvalue weighted by molar-refractivity contribution is -0.121. The molecule has 0 atom stereocenters. The minimum Gasteiger partial charge on any atom is -0.506 e. The summed E-state index contributed by atoms with van der Waals surface area (Å²) in [6, 6.07) is 10.8. The van der Waals surface area contributed by atoms with Gasteiger partial charge < -0.3 is 9.84 Å². The molecule has 0 heterocycles. The second-order valence-electron chi connectivity index (χ2n) is 4.68. The number of aromatic hydroxyl groups is 1. The predicted molar refractivity (Wildman–Crippen MR) is 103 cm³/mol. The Kier molecular flexibility index (Phi) is 7.26. The van der Waals surface area contributed by atoms with E-state index < -0.39 is 0 Å². The topological polar surface area (TPSA) is 70.9 Å². The van der Waals surface area contributed by atoms with E-state index in [1.165, 1.54) is 6.21 Å². The SMILES string of the molecule is O=C(CCOc1cccc(Br)c1)N/N=C\c1cc(Br)c(O)c(Br)c1. The third-order valence-corrected chi connectivity index (χ3v) is 4.54. The summed E-state index contributed by atoms with van der Waals surface area (Å²) in [6.07, 6.45) is 1.68. The van der Waals surface area contributed by atoms with Crippen molar-refractivity contribution in [2.75, 3.05) is 6.61 Å². The van der Waals surface area contributed by atoms with Gasteiger partial charge in [-0.2, -0.15) is 5.10 Å². The summed E-state index contributed by atoms with van der Waals surface area (Å²) >= 11 is 9.81. The van der Waals surface area contributed by atoms with Crippen LogP contribution in [-0.4, -0.2) is 23.8 Å². The number of hydrogen-bond donors (Lipinski definition) is 2. The number of carbonyl (C=O) groups excluding carboxylic acids is 1. The van der Waals surface area contributed by atoms with E-state index in [1.807, 2.05) is 24.3 Å². The van der Waals surface area contributed by atoms with E-state index >= 15 is 0 Å². The van der Waals surface area contributed by atoms with Gasteiger partial charge in [0.25, 0.3) is 0 Å². The Morgan fingerprint density at radius 3 is 2.58 bits per heavy atom. The third kappa shape index (κ3) is 5.92. The highest BCUT2D eigenvalue weighted by Gasteiger charge is 2.05. The molecule has 2 N–H and O–H groups in total. The van der Waals surface area contributed by atoms with Crippen molar-refractivity contribution in [2.45, 2.75) is 6.42 Å². The number of amides is 1. The average Bonchev–Trinajstić information content (AvgIpc) is 2.52. The highest BCUT2D eigenvalue weighted by atomic mass is 79.9. The molecule has 5 nitrogen and oxygen atoms in total. The van der Waals surface area contributed by atoms with Crippen LogP contribution in [0.25, 0.3) is 0 Å². The number of benzene rings is 2. The van der Waals surface area contributed by atoms with Gasteiger partial charge in [-0.25, -0.2) is 5.43 Å². The Labute approximate surface area is 164 Å². The zero-order valence-corrected chi connectivity index (χ0v) is 17.1. The smallest absolute Gasteiger partial charge is 0.243 e. The largest absolute Gasteiger partial charge is 0.506 e. The average molecular weight is 521 g/mol. The van der Waals surface area contributed by atoms with Gasteiger partial charge in [0.2, 0.25) is 5.91 Å². The van der Waals surface area contributed by atoms with Crippen molar-refractivity contribution in [3.8, 4) is 11.5 Å². The maximum atomic E-state index is 11.7. The van der Waals surface area contributed by atoms with Crippen LogP contribution in [0.1, 0.15) is 12.0 Å². The maximum absolute atomic E-state index is 11.7. The number of hydrazone groups is 1. The fourth-order valence-corrected chi connectivity index (χ4v) is 3.31. The van der Waals surface area contributed by atoms with Gasteiger partial charge in [0.05, 0.1) is 28.2 Å². The first-order chi connectivity index (χ1) is 11.5. The van der Waals surface area contributed by atoms with E-state index in [-0.39, 0.29) is 24.7 Å². The standard InChI is InChI=1S/C16H13Br3N2O3/c17-11-2-1-3-12(8-11)24-5-4-15(22)21-20-9-10-6-13(18)16(23)14(19)7-10/h1-3,6-9,23H,4-5H2,(H,21,22)/b20-9-. The number of ether oxygens (including phenoxy) is 1. The number of halogens is 3. The second kappa shape index (κ2) is 9.19. The van der Waals surface area contributed by atoms with Crippen molar-refractivity contribution < 1.29 is 14.6 Å². The fourth-order valence-electron chi connectivity index (χ4n) is 1.71. The van der Waals surface area contributed by atoms with Crippen molar-refractivity contribution in [2.24, 2.45) is 5.10 Å². The Morgan fingerprint density at radius 2 is 1.92 bits per heavy atom. The Bertz CT molecular complexity index is 743. The van der Waals surface area contributed by atoms with Crippen molar-refractivity contribution in [3.05, 3.63) is 55.4 Å². The molecule has 1 amide bonds. The minimum absolute atomic E-state index is 0.112. The van der Waals surface area contributed by atoms with Crippen LogP contribution in [0.15, 0.2) is 54.9 Å². The Balaban J connectivity index is 1.78. The van der Waals surface area contributed by atoms with Crippen LogP contribution < -0.4 is 10.2 Å². The van der Waals surface area contributed by atoms with Gasteiger partial charge in [-0.05, 0) is 67.8 Å². The number of rotatable bonds is 6. The molecule has 8 heteroatoms. The summed E-state index contributed by atoms with van der Waals surface area (Å²) in [5.74, 6) is 0.554. The van der Waals surface area contributed by atoms with Crippen LogP contribution >= 0.6 is 47.8 Å². The molecule has 0 aliphatic rings. The lowest BCUT2D eigenvalue weighted by Gasteiger charge is -2.05. The Morgan fingerprint density at radius 1 is 1.21 bits per heavy atom. The summed E-state index contributed by atoms with van der Waals surface area (Å²) < 4.78 is 7.47. The number of phenols is 1. The predicted octanol–water partition coefficient (Wildman–Crippen LogP) is 4.60. The van der Waals surface area contributed by atoms with E-state index in [0.29, 0.717) is 14.7 Å². The number of carbonyl (C=O) groups is 1. The lowest BCUT2D eigenvalue weighted by atomic mass is 10.2. The molecular weight excluding hydrogens is 508 g/mol. The molecule has 0 aromatic heterocycles. The van der Waals surface area contributed by atoms with E-state index in [2.05, 4.69) is 58.3 Å². The van der Waals surface area contributed by atoms with Crippen molar-refractivity contribution >= 4 is 59.9 Å². The number of phenolic OH excluding ortho intramolecular Hbond substituents is 1. The quantitative estimate of drug-likeness (QED) is 0.432. The molecule has 2 aromatic rings. The van der Waals surface area contributed by atoms with E-state index in [4.69, 9.17) is 4.74 Å². The second-order valence-corrected chi connectivity index (χ2v) is 7.31. The molecule has 0 fully saturated rings. The van der Waals surface area contributed by atoms with Gasteiger partial charge in [-0.1, -0.05) is 22.0 Å². The minimum atomic E-state index is -0.252. The van der Waals surface area contributed by atoms with Gasteiger partial charge in [-0.3, -0.25) is 4.79 Å². The van der Waals surface area contributed by atoms with Gasteiger partial charge in [0, 0.05) is 4.47 Å². The van der Waals surface area contributed by atoms with Crippen molar-refractivity contribution in [1.29, 1.82) is 0 Å². The van der Waals surface area contributed by atoms with Gasteiger partial charge >= 0.3 is 0 Å². The Hall–Kier alpha value is -1.38. The summed E-state index contributed by atoms with van der Waals surface area (Å²) in [5.41, 5.74) is 3.15. The van der Waals surface area contributed by atoms with Crippen molar-refractivity contribution in [3.63, 3.8) is 0 Å². The summed E-state index contributed by atoms with van der Waals surface area (Å²) in [5, 5.41) is 13.5. The summed E-state index contributed by atoms with van der Waals surface area (Å²) in [6.45, 7) is 0.258. The third-order valence-electron chi connectivity index (χ3n) is 2.84. The molecule has 0 spiro atoms. The van der Waals surface area contributed by atoms with Gasteiger partial charge in [0.15, 0.2) is 0 Å². The normalized spacial score (nSPS) is 10.8. The van der Waals surface area contributed by atoms with E-state index in [0.717, 1.165) is 10.0 Å². The first-order valence-electron chi connectivity index (χ1n) is 6.84. The molecule has 0 saturated carbocycles. The van der Waals surface area contributed by atoms with Crippen LogP contribution in [0.5, 0.6) is 11.5 Å². The maximum Gasteiger partial charge on any atom is 0.243 e. The first kappa shape index (κ1) is 19.0. The van der Waals surface area contributed by atoms with Crippen LogP contribution in [0.3, 0.4) is 0 Å². The van der Waals surface area contributed by atoms with Crippen LogP contribution in [0, 0.1) is 0 Å². The lowest BCUT2D eigenvalue weighted by Crippen LogP contribution is -2.20.